The minimum Gasteiger partial charge on any atom is -0.368 e. The number of carbonyl (C=O) groups is 1. The molecule has 0 unspecified atom stereocenters. The van der Waals surface area contributed by atoms with E-state index < -0.39 is 21.9 Å². The lowest BCUT2D eigenvalue weighted by molar-refractivity contribution is -0.132. The smallest absolute Gasteiger partial charge is 0.241 e. The number of rotatable bonds is 5. The summed E-state index contributed by atoms with van der Waals surface area (Å²) in [6.45, 7) is 3.84. The first-order valence-corrected chi connectivity index (χ1v) is 10.1. The highest BCUT2D eigenvalue weighted by Crippen LogP contribution is 2.16. The van der Waals surface area contributed by atoms with Crippen LogP contribution in [0.4, 0.5) is 10.1 Å². The summed E-state index contributed by atoms with van der Waals surface area (Å²) in [5.74, 6) is -0.805. The van der Waals surface area contributed by atoms with E-state index in [2.05, 4.69) is 14.6 Å². The Morgan fingerprint density at radius 2 is 1.67 bits per heavy atom. The maximum absolute atomic E-state index is 13.0. The standard InChI is InChI=1S/C18H21FN4O3S/c1-14(21-27(25,26)17-4-2-15(19)3-5-17)18(24)23-12-10-22(11-13-23)16-6-8-20-9-7-16/h2-9,14,21H,10-13H2,1H3/t14-/m0/s1. The molecule has 2 aromatic rings. The van der Waals surface area contributed by atoms with Crippen LogP contribution < -0.4 is 9.62 Å². The van der Waals surface area contributed by atoms with Gasteiger partial charge in [-0.05, 0) is 43.3 Å². The van der Waals surface area contributed by atoms with E-state index in [0.29, 0.717) is 26.2 Å². The van der Waals surface area contributed by atoms with E-state index >= 15 is 0 Å². The van der Waals surface area contributed by atoms with Gasteiger partial charge in [0.2, 0.25) is 15.9 Å². The Morgan fingerprint density at radius 3 is 2.26 bits per heavy atom. The molecular formula is C18H21FN4O3S. The van der Waals surface area contributed by atoms with Crippen molar-refractivity contribution < 1.29 is 17.6 Å². The Kier molecular flexibility index (Phi) is 5.71. The molecule has 0 aliphatic carbocycles. The van der Waals surface area contributed by atoms with Crippen molar-refractivity contribution in [2.45, 2.75) is 17.9 Å². The van der Waals surface area contributed by atoms with Gasteiger partial charge in [-0.25, -0.2) is 12.8 Å². The summed E-state index contributed by atoms with van der Waals surface area (Å²) in [5.41, 5.74) is 1.04. The summed E-state index contributed by atoms with van der Waals surface area (Å²) < 4.78 is 40.1. The fourth-order valence-corrected chi connectivity index (χ4v) is 4.18. The number of aromatic nitrogens is 1. The van der Waals surface area contributed by atoms with Crippen LogP contribution in [0, 0.1) is 5.82 Å². The highest BCUT2D eigenvalue weighted by Gasteiger charge is 2.28. The van der Waals surface area contributed by atoms with E-state index in [4.69, 9.17) is 0 Å². The van der Waals surface area contributed by atoms with Crippen LogP contribution in [0.3, 0.4) is 0 Å². The lowest BCUT2D eigenvalue weighted by Crippen LogP contribution is -2.54. The largest absolute Gasteiger partial charge is 0.368 e. The monoisotopic (exact) mass is 392 g/mol. The van der Waals surface area contributed by atoms with Crippen molar-refractivity contribution in [2.24, 2.45) is 0 Å². The topological polar surface area (TPSA) is 82.6 Å². The van der Waals surface area contributed by atoms with Crippen molar-refractivity contribution in [1.29, 1.82) is 0 Å². The average molecular weight is 392 g/mol. The van der Waals surface area contributed by atoms with Crippen LogP contribution in [0.2, 0.25) is 0 Å². The third-order valence-corrected chi connectivity index (χ3v) is 6.00. The Hall–Kier alpha value is -2.52. The third kappa shape index (κ3) is 4.61. The van der Waals surface area contributed by atoms with Gasteiger partial charge in [0.25, 0.3) is 0 Å². The van der Waals surface area contributed by atoms with Crippen LogP contribution in [-0.2, 0) is 14.8 Å². The molecule has 0 bridgehead atoms. The Morgan fingerprint density at radius 1 is 1.07 bits per heavy atom. The number of sulfonamides is 1. The minimum absolute atomic E-state index is 0.0777. The lowest BCUT2D eigenvalue weighted by Gasteiger charge is -2.37. The quantitative estimate of drug-likeness (QED) is 0.828. The molecule has 1 aliphatic heterocycles. The lowest BCUT2D eigenvalue weighted by atomic mass is 10.2. The number of carbonyl (C=O) groups excluding carboxylic acids is 1. The molecule has 1 atom stereocenters. The number of nitrogens with one attached hydrogen (secondary N) is 1. The minimum atomic E-state index is -3.90. The number of halogens is 1. The summed E-state index contributed by atoms with van der Waals surface area (Å²) in [6, 6.07) is 7.39. The Labute approximate surface area is 157 Å². The first kappa shape index (κ1) is 19.2. The van der Waals surface area contributed by atoms with E-state index in [-0.39, 0.29) is 10.8 Å². The van der Waals surface area contributed by atoms with Gasteiger partial charge < -0.3 is 9.80 Å². The normalized spacial score (nSPS) is 16.2. The second-order valence-corrected chi connectivity index (χ2v) is 8.03. The van der Waals surface area contributed by atoms with Crippen LogP contribution in [0.1, 0.15) is 6.92 Å². The van der Waals surface area contributed by atoms with Crippen LogP contribution in [0.25, 0.3) is 0 Å². The van der Waals surface area contributed by atoms with E-state index in [1.807, 2.05) is 12.1 Å². The zero-order chi connectivity index (χ0) is 19.4. The van der Waals surface area contributed by atoms with Crippen LogP contribution in [0.15, 0.2) is 53.7 Å². The number of hydrogen-bond donors (Lipinski definition) is 1. The molecule has 0 radical (unpaired) electrons. The molecule has 1 amide bonds. The second kappa shape index (κ2) is 8.01. The maximum atomic E-state index is 13.0. The SMILES string of the molecule is C[C@H](NS(=O)(=O)c1ccc(F)cc1)C(=O)N1CCN(c2ccncc2)CC1. The van der Waals surface area contributed by atoms with Crippen molar-refractivity contribution in [3.05, 3.63) is 54.6 Å². The Balaban J connectivity index is 1.59. The number of nitrogens with zero attached hydrogens (tertiary/aromatic N) is 3. The molecule has 9 heteroatoms. The van der Waals surface area contributed by atoms with E-state index in [1.165, 1.54) is 19.1 Å². The fourth-order valence-electron chi connectivity index (χ4n) is 2.98. The summed E-state index contributed by atoms with van der Waals surface area (Å²) in [6.07, 6.45) is 3.44. The van der Waals surface area contributed by atoms with Crippen molar-refractivity contribution in [2.75, 3.05) is 31.1 Å². The first-order chi connectivity index (χ1) is 12.9. The van der Waals surface area contributed by atoms with E-state index in [0.717, 1.165) is 17.8 Å². The van der Waals surface area contributed by atoms with Crippen molar-refractivity contribution in [3.63, 3.8) is 0 Å². The third-order valence-electron chi connectivity index (χ3n) is 4.45. The molecule has 1 saturated heterocycles. The molecule has 27 heavy (non-hydrogen) atoms. The van der Waals surface area contributed by atoms with Crippen LogP contribution in [-0.4, -0.2) is 56.4 Å². The molecule has 1 N–H and O–H groups in total. The van der Waals surface area contributed by atoms with Crippen LogP contribution >= 0.6 is 0 Å². The molecule has 0 spiro atoms. The molecule has 3 rings (SSSR count). The van der Waals surface area contributed by atoms with Gasteiger partial charge in [-0.3, -0.25) is 9.78 Å². The molecule has 1 aliphatic rings. The summed E-state index contributed by atoms with van der Waals surface area (Å²) in [4.78, 5) is 20.3. The van der Waals surface area contributed by atoms with Gasteiger partial charge in [0.15, 0.2) is 0 Å². The van der Waals surface area contributed by atoms with Crippen molar-refractivity contribution >= 4 is 21.6 Å². The number of pyridine rings is 1. The molecule has 1 aromatic carbocycles. The second-order valence-electron chi connectivity index (χ2n) is 6.31. The predicted molar refractivity (Wildman–Crippen MR) is 99.2 cm³/mol. The molecule has 1 fully saturated rings. The molecule has 144 valence electrons. The Bertz CT molecular complexity index is 883. The van der Waals surface area contributed by atoms with Gasteiger partial charge in [0, 0.05) is 44.3 Å². The average Bonchev–Trinajstić information content (AvgIpc) is 2.68. The summed E-state index contributed by atoms with van der Waals surface area (Å²) in [5, 5.41) is 0. The van der Waals surface area contributed by atoms with Crippen LogP contribution in [0.5, 0.6) is 0 Å². The maximum Gasteiger partial charge on any atom is 0.241 e. The summed E-state index contributed by atoms with van der Waals surface area (Å²) >= 11 is 0. The van der Waals surface area contributed by atoms with Gasteiger partial charge in [0.1, 0.15) is 5.82 Å². The van der Waals surface area contributed by atoms with Crippen molar-refractivity contribution in [1.82, 2.24) is 14.6 Å². The number of hydrogen-bond acceptors (Lipinski definition) is 5. The number of amides is 1. The molecular weight excluding hydrogens is 371 g/mol. The predicted octanol–water partition coefficient (Wildman–Crippen LogP) is 1.24. The van der Waals surface area contributed by atoms with Gasteiger partial charge in [-0.1, -0.05) is 0 Å². The van der Waals surface area contributed by atoms with Gasteiger partial charge in [-0.2, -0.15) is 4.72 Å². The zero-order valence-electron chi connectivity index (χ0n) is 14.9. The van der Waals surface area contributed by atoms with Gasteiger partial charge >= 0.3 is 0 Å². The molecule has 1 aromatic heterocycles. The number of benzene rings is 1. The molecule has 0 saturated carbocycles. The number of piperazine rings is 1. The highest BCUT2D eigenvalue weighted by molar-refractivity contribution is 7.89. The molecule has 7 nitrogen and oxygen atoms in total. The summed E-state index contributed by atoms with van der Waals surface area (Å²) in [7, 11) is -3.90. The number of anilines is 1. The van der Waals surface area contributed by atoms with Gasteiger partial charge in [0.05, 0.1) is 10.9 Å². The molecule has 2 heterocycles. The first-order valence-electron chi connectivity index (χ1n) is 8.58. The zero-order valence-corrected chi connectivity index (χ0v) is 15.7. The van der Waals surface area contributed by atoms with Gasteiger partial charge in [-0.15, -0.1) is 0 Å². The van der Waals surface area contributed by atoms with E-state index in [1.54, 1.807) is 17.3 Å². The highest BCUT2D eigenvalue weighted by atomic mass is 32.2. The van der Waals surface area contributed by atoms with E-state index in [9.17, 15) is 17.6 Å². The van der Waals surface area contributed by atoms with Crippen molar-refractivity contribution in [3.8, 4) is 0 Å². The fraction of sp³-hybridized carbons (Fsp3) is 0.333.